The predicted molar refractivity (Wildman–Crippen MR) is 119 cm³/mol. The number of ether oxygens (including phenoxy) is 2. The van der Waals surface area contributed by atoms with Gasteiger partial charge in [0.1, 0.15) is 0 Å². The minimum absolute atomic E-state index is 0.262. The first-order chi connectivity index (χ1) is 14.8. The molecule has 0 saturated heterocycles. The van der Waals surface area contributed by atoms with Gasteiger partial charge in [-0.05, 0) is 35.9 Å². The van der Waals surface area contributed by atoms with E-state index < -0.39 is 9.84 Å². The average Bonchev–Trinajstić information content (AvgIpc) is 3.21. The van der Waals surface area contributed by atoms with Gasteiger partial charge in [0.05, 0.1) is 25.5 Å². The number of nitrogens with one attached hydrogen (secondary N) is 1. The molecule has 1 aromatic carbocycles. The summed E-state index contributed by atoms with van der Waals surface area (Å²) in [4.78, 5) is 23.5. The molecule has 2 aromatic heterocycles. The first-order valence-electron chi connectivity index (χ1n) is 9.64. The molecule has 0 aliphatic carbocycles. The van der Waals surface area contributed by atoms with Crippen molar-refractivity contribution in [3.63, 3.8) is 0 Å². The van der Waals surface area contributed by atoms with Gasteiger partial charge in [-0.25, -0.2) is 13.4 Å². The molecule has 0 spiro atoms. The largest absolute Gasteiger partial charge is 0.493 e. The molecule has 10 heteroatoms. The van der Waals surface area contributed by atoms with Crippen molar-refractivity contribution < 1.29 is 17.9 Å². The van der Waals surface area contributed by atoms with Crippen molar-refractivity contribution in [2.24, 2.45) is 0 Å². The number of aromatic amines is 1. The Bertz CT molecular complexity index is 1280. The van der Waals surface area contributed by atoms with Crippen LogP contribution in [0.15, 0.2) is 40.3 Å². The molecule has 8 nitrogen and oxygen atoms in total. The number of hydrogen-bond acceptors (Lipinski definition) is 8. The van der Waals surface area contributed by atoms with Crippen LogP contribution in [0.1, 0.15) is 16.1 Å². The topological polar surface area (TPSA) is 102 Å². The molecule has 3 aromatic rings. The highest BCUT2D eigenvalue weighted by atomic mass is 32.2. The lowest BCUT2D eigenvalue weighted by Crippen LogP contribution is -2.35. The van der Waals surface area contributed by atoms with Crippen LogP contribution in [0.25, 0.3) is 10.4 Å². The minimum atomic E-state index is -3.55. The zero-order chi connectivity index (χ0) is 22.2. The van der Waals surface area contributed by atoms with Crippen molar-refractivity contribution in [3.8, 4) is 21.9 Å². The summed E-state index contributed by atoms with van der Waals surface area (Å²) in [5.41, 5.74) is 1.77. The quantitative estimate of drug-likeness (QED) is 0.563. The van der Waals surface area contributed by atoms with Gasteiger partial charge in [-0.2, -0.15) is 0 Å². The molecule has 1 aliphatic rings. The van der Waals surface area contributed by atoms with Crippen LogP contribution >= 0.6 is 11.3 Å². The summed E-state index contributed by atoms with van der Waals surface area (Å²) >= 11 is 1.68. The van der Waals surface area contributed by atoms with Crippen LogP contribution in [0.2, 0.25) is 0 Å². The predicted octanol–water partition coefficient (Wildman–Crippen LogP) is 2.48. The van der Waals surface area contributed by atoms with Crippen molar-refractivity contribution in [3.05, 3.63) is 56.8 Å². The Kier molecular flexibility index (Phi) is 5.87. The highest BCUT2D eigenvalue weighted by Gasteiger charge is 2.24. The standard InChI is InChI=1S/C21H23N3O5S2/c1-28-17-6-4-13(10-18(17)29-2)19-7-5-14(30-19)11-24-9-8-16-15(12-24)20(25)23-21(22-16)31(3,26)27/h4-7,10H,8-9,11-12H2,1-3H3,(H,22,23,25). The molecule has 3 heterocycles. The van der Waals surface area contributed by atoms with Crippen molar-refractivity contribution in [2.75, 3.05) is 27.0 Å². The van der Waals surface area contributed by atoms with Crippen molar-refractivity contribution in [1.82, 2.24) is 14.9 Å². The second-order valence-corrected chi connectivity index (χ2v) is 10.5. The van der Waals surface area contributed by atoms with Gasteiger partial charge in [0.25, 0.3) is 5.56 Å². The molecule has 31 heavy (non-hydrogen) atoms. The molecular formula is C21H23N3O5S2. The summed E-state index contributed by atoms with van der Waals surface area (Å²) in [5.74, 6) is 1.37. The normalized spacial score (nSPS) is 14.3. The van der Waals surface area contributed by atoms with Gasteiger partial charge < -0.3 is 9.47 Å². The van der Waals surface area contributed by atoms with E-state index in [9.17, 15) is 13.2 Å². The fourth-order valence-corrected chi connectivity index (χ4v) is 5.20. The van der Waals surface area contributed by atoms with E-state index in [-0.39, 0.29) is 10.7 Å². The van der Waals surface area contributed by atoms with Crippen molar-refractivity contribution in [1.29, 1.82) is 0 Å². The van der Waals surface area contributed by atoms with Crippen LogP contribution in [0.5, 0.6) is 11.5 Å². The number of fused-ring (bicyclic) bond motifs is 1. The number of H-pyrrole nitrogens is 1. The van der Waals surface area contributed by atoms with Gasteiger partial charge in [0, 0.05) is 42.1 Å². The average molecular weight is 462 g/mol. The van der Waals surface area contributed by atoms with Gasteiger partial charge in [-0.1, -0.05) is 0 Å². The SMILES string of the molecule is COc1ccc(-c2ccc(CN3CCc4nc(S(C)(=O)=O)[nH]c(=O)c4C3)s2)cc1OC. The first kappa shape index (κ1) is 21.5. The summed E-state index contributed by atoms with van der Waals surface area (Å²) in [7, 11) is -0.322. The molecule has 1 N–H and O–H groups in total. The van der Waals surface area contributed by atoms with E-state index in [1.54, 1.807) is 25.6 Å². The number of methoxy groups -OCH3 is 2. The molecule has 164 valence electrons. The lowest BCUT2D eigenvalue weighted by atomic mass is 10.1. The molecule has 0 saturated carbocycles. The Labute approximate surface area is 184 Å². The molecular weight excluding hydrogens is 438 g/mol. The molecule has 0 atom stereocenters. The molecule has 0 fully saturated rings. The van der Waals surface area contributed by atoms with Crippen LogP contribution in [-0.4, -0.2) is 50.3 Å². The third kappa shape index (κ3) is 4.51. The Balaban J connectivity index is 1.51. The lowest BCUT2D eigenvalue weighted by Gasteiger charge is -2.27. The number of thiophene rings is 1. The van der Waals surface area contributed by atoms with Crippen LogP contribution in [-0.2, 0) is 29.3 Å². The molecule has 4 rings (SSSR count). The Morgan fingerprint density at radius 3 is 2.65 bits per heavy atom. The summed E-state index contributed by atoms with van der Waals surface area (Å²) < 4.78 is 34.1. The van der Waals surface area contributed by atoms with Crippen molar-refractivity contribution in [2.45, 2.75) is 24.7 Å². The van der Waals surface area contributed by atoms with Gasteiger partial charge in [-0.15, -0.1) is 11.3 Å². The summed E-state index contributed by atoms with van der Waals surface area (Å²) in [6.45, 7) is 1.84. The van der Waals surface area contributed by atoms with E-state index >= 15 is 0 Å². The van der Waals surface area contributed by atoms with Crippen LogP contribution < -0.4 is 15.0 Å². The molecule has 0 radical (unpaired) electrons. The van der Waals surface area contributed by atoms with Gasteiger partial charge in [0.15, 0.2) is 11.5 Å². The highest BCUT2D eigenvalue weighted by Crippen LogP contribution is 2.35. The number of benzene rings is 1. The van der Waals surface area contributed by atoms with E-state index in [0.29, 0.717) is 48.8 Å². The Morgan fingerprint density at radius 1 is 1.16 bits per heavy atom. The smallest absolute Gasteiger partial charge is 0.256 e. The molecule has 0 bridgehead atoms. The minimum Gasteiger partial charge on any atom is -0.493 e. The molecule has 0 unspecified atom stereocenters. The van der Waals surface area contributed by atoms with Crippen molar-refractivity contribution >= 4 is 21.2 Å². The Hall–Kier alpha value is -2.69. The summed E-state index contributed by atoms with van der Waals surface area (Å²) in [5, 5.41) is -0.262. The second kappa shape index (κ2) is 8.45. The van der Waals surface area contributed by atoms with Gasteiger partial charge >= 0.3 is 0 Å². The van der Waals surface area contributed by atoms with Crippen LogP contribution in [0, 0.1) is 0 Å². The van der Waals surface area contributed by atoms with E-state index in [2.05, 4.69) is 27.0 Å². The summed E-state index contributed by atoms with van der Waals surface area (Å²) in [6.07, 6.45) is 1.58. The first-order valence-corrected chi connectivity index (χ1v) is 12.3. The molecule has 0 amide bonds. The molecule has 1 aliphatic heterocycles. The van der Waals surface area contributed by atoms with E-state index in [1.807, 2.05) is 18.2 Å². The van der Waals surface area contributed by atoms with Crippen LogP contribution in [0.3, 0.4) is 0 Å². The lowest BCUT2D eigenvalue weighted by molar-refractivity contribution is 0.243. The van der Waals surface area contributed by atoms with Crippen LogP contribution in [0.4, 0.5) is 0 Å². The third-order valence-corrected chi connectivity index (χ3v) is 7.20. The maximum absolute atomic E-state index is 12.4. The zero-order valence-electron chi connectivity index (χ0n) is 17.5. The van der Waals surface area contributed by atoms with E-state index in [1.165, 1.54) is 4.88 Å². The fraction of sp³-hybridized carbons (Fsp3) is 0.333. The number of nitrogens with zero attached hydrogens (tertiary/aromatic N) is 2. The van der Waals surface area contributed by atoms with E-state index in [4.69, 9.17) is 9.47 Å². The number of sulfone groups is 1. The second-order valence-electron chi connectivity index (χ2n) is 7.36. The maximum atomic E-state index is 12.4. The van der Waals surface area contributed by atoms with Gasteiger partial charge in [0.2, 0.25) is 15.0 Å². The zero-order valence-corrected chi connectivity index (χ0v) is 19.1. The third-order valence-electron chi connectivity index (χ3n) is 5.19. The Morgan fingerprint density at radius 2 is 1.94 bits per heavy atom. The monoisotopic (exact) mass is 461 g/mol. The van der Waals surface area contributed by atoms with Gasteiger partial charge in [-0.3, -0.25) is 14.7 Å². The number of aromatic nitrogens is 2. The maximum Gasteiger partial charge on any atom is 0.256 e. The highest BCUT2D eigenvalue weighted by molar-refractivity contribution is 7.90. The number of hydrogen-bond donors (Lipinski definition) is 1. The van der Waals surface area contributed by atoms with E-state index in [0.717, 1.165) is 16.7 Å². The summed E-state index contributed by atoms with van der Waals surface area (Å²) in [6, 6.07) is 10.0. The number of rotatable bonds is 6. The fourth-order valence-electron chi connectivity index (χ4n) is 3.60.